The van der Waals surface area contributed by atoms with Crippen LogP contribution in [0.5, 0.6) is 11.5 Å². The Morgan fingerprint density at radius 1 is 0.857 bits per heavy atom. The third-order valence-electron chi connectivity index (χ3n) is 5.48. The molecule has 2 aromatic rings. The maximum absolute atomic E-state index is 5.83. The minimum atomic E-state index is 0. The molecule has 10 nitrogen and oxygen atoms in total. The van der Waals surface area contributed by atoms with Gasteiger partial charge in [-0.1, -0.05) is 51.1 Å². The van der Waals surface area contributed by atoms with E-state index in [-0.39, 0.29) is 57.9 Å². The number of rotatable bonds is 16. The van der Waals surface area contributed by atoms with Crippen molar-refractivity contribution >= 4 is 92.2 Å². The molecule has 0 bridgehead atoms. The second-order valence-corrected chi connectivity index (χ2v) is 11.0. The van der Waals surface area contributed by atoms with Crippen LogP contribution in [0.4, 0.5) is 17.7 Å². The number of ether oxygens (including phenoxy) is 2. The van der Waals surface area contributed by atoms with E-state index in [2.05, 4.69) is 51.6 Å². The van der Waals surface area contributed by atoms with Crippen LogP contribution < -0.4 is 32.0 Å². The van der Waals surface area contributed by atoms with Gasteiger partial charge in [-0.15, -0.1) is 12.4 Å². The molecule has 2 rings (SSSR count). The molecule has 0 saturated carbocycles. The van der Waals surface area contributed by atoms with Gasteiger partial charge in [-0.05, 0) is 49.7 Å². The molecule has 0 spiro atoms. The lowest BCUT2D eigenvalue weighted by atomic mass is 10.1. The number of hydrogen-bond acceptors (Lipinski definition) is 12. The van der Waals surface area contributed by atoms with Gasteiger partial charge in [0.1, 0.15) is 0 Å². The molecular formula is C26H56Cl2N8O2S4. The summed E-state index contributed by atoms with van der Waals surface area (Å²) < 4.78 is 10.0. The molecule has 0 saturated heterocycles. The lowest BCUT2D eigenvalue weighted by Crippen LogP contribution is -2.22. The van der Waals surface area contributed by atoms with Crippen LogP contribution in [0.2, 0.25) is 5.15 Å². The lowest BCUT2D eigenvalue weighted by molar-refractivity contribution is 0.411. The van der Waals surface area contributed by atoms with E-state index >= 15 is 0 Å². The second-order valence-electron chi connectivity index (χ2n) is 8.68. The summed E-state index contributed by atoms with van der Waals surface area (Å²) in [7, 11) is 3.10. The highest BCUT2D eigenvalue weighted by atomic mass is 35.5. The van der Waals surface area contributed by atoms with Gasteiger partial charge in [-0.2, -0.15) is 60.5 Å². The summed E-state index contributed by atoms with van der Waals surface area (Å²) in [4.78, 5) is 15.5. The summed E-state index contributed by atoms with van der Waals surface area (Å²) in [6.45, 7) is 4.41. The maximum atomic E-state index is 5.83. The van der Waals surface area contributed by atoms with Crippen LogP contribution in [-0.2, 0) is 0 Å². The monoisotopic (exact) mass is 711 g/mol. The van der Waals surface area contributed by atoms with Crippen molar-refractivity contribution in [2.24, 2.45) is 5.73 Å². The van der Waals surface area contributed by atoms with Crippen molar-refractivity contribution in [1.29, 1.82) is 0 Å². The largest absolute Gasteiger partial charge is 0.492 e. The molecule has 0 aliphatic rings. The van der Waals surface area contributed by atoms with Crippen molar-refractivity contribution in [3.8, 4) is 11.5 Å². The molecule has 0 radical (unpaired) electrons. The van der Waals surface area contributed by atoms with Crippen LogP contribution in [0, 0.1) is 0 Å². The Balaban J connectivity index is -0.000000173. The first-order chi connectivity index (χ1) is 18.8. The molecule has 2 aromatic heterocycles. The van der Waals surface area contributed by atoms with E-state index in [1.165, 1.54) is 57.6 Å². The van der Waals surface area contributed by atoms with E-state index < -0.39 is 0 Å². The van der Waals surface area contributed by atoms with Gasteiger partial charge in [0.15, 0.2) is 22.5 Å². The zero-order chi connectivity index (χ0) is 29.5. The first-order valence-corrected chi connectivity index (χ1v) is 16.4. The molecule has 0 unspecified atom stereocenters. The molecule has 2 heterocycles. The number of nitrogens with one attached hydrogen (secondary N) is 1. The number of thioether (sulfide) groups is 2. The SMILES string of the molecule is CCCC[C@@H](CCSC)Nc1nc(N)ncc1OC.CCCC[C@H](N)CCSC.COc1cnc(N)nc1Cl.Cl.S.S.[2HH]. The average Bonchev–Trinajstić information content (AvgIpc) is 2.93. The first kappa shape index (κ1) is 48.0. The van der Waals surface area contributed by atoms with E-state index in [4.69, 9.17) is 38.3 Å². The van der Waals surface area contributed by atoms with Gasteiger partial charge >= 0.3 is 0 Å². The number of hydrogen-bond donors (Lipinski definition) is 4. The molecule has 0 amide bonds. The normalized spacial score (nSPS) is 11.0. The molecule has 250 valence electrons. The van der Waals surface area contributed by atoms with Crippen molar-refractivity contribution in [3.63, 3.8) is 0 Å². The molecule has 7 N–H and O–H groups in total. The van der Waals surface area contributed by atoms with E-state index in [0.717, 1.165) is 18.6 Å². The van der Waals surface area contributed by atoms with E-state index in [0.29, 0.717) is 29.4 Å². The molecule has 0 fully saturated rings. The summed E-state index contributed by atoms with van der Waals surface area (Å²) in [5.74, 6) is 4.51. The zero-order valence-corrected chi connectivity index (χ0v) is 31.0. The first-order valence-electron chi connectivity index (χ1n) is 13.2. The van der Waals surface area contributed by atoms with Gasteiger partial charge in [-0.3, -0.25) is 0 Å². The van der Waals surface area contributed by atoms with Gasteiger partial charge in [0, 0.05) is 13.5 Å². The number of anilines is 3. The summed E-state index contributed by atoms with van der Waals surface area (Å²) in [5.41, 5.74) is 16.7. The van der Waals surface area contributed by atoms with E-state index in [9.17, 15) is 0 Å². The Morgan fingerprint density at radius 2 is 1.36 bits per heavy atom. The summed E-state index contributed by atoms with van der Waals surface area (Å²) in [6, 6.07) is 0.850. The minimum absolute atomic E-state index is 0. The topological polar surface area (TPSA) is 160 Å². The van der Waals surface area contributed by atoms with Crippen molar-refractivity contribution < 1.29 is 10.9 Å². The predicted octanol–water partition coefficient (Wildman–Crippen LogP) is 6.66. The lowest BCUT2D eigenvalue weighted by Gasteiger charge is -2.20. The zero-order valence-electron chi connectivity index (χ0n) is 25.8. The quantitative estimate of drug-likeness (QED) is 0.137. The number of nitrogens with two attached hydrogens (primary N) is 3. The van der Waals surface area contributed by atoms with Crippen LogP contribution in [-0.4, -0.2) is 70.3 Å². The van der Waals surface area contributed by atoms with Crippen molar-refractivity contribution in [2.45, 2.75) is 77.3 Å². The average molecular weight is 713 g/mol. The minimum Gasteiger partial charge on any atom is -0.492 e. The highest BCUT2D eigenvalue weighted by Crippen LogP contribution is 2.24. The van der Waals surface area contributed by atoms with Crippen molar-refractivity contribution in [3.05, 3.63) is 17.5 Å². The standard InChI is InChI=1S/C13H24N4OS.C8H19NS.C5H6ClN3O.ClH.2H2S.H2/c1-4-5-6-10(7-8-19-3)16-12-11(18-2)9-15-13(14)17-12;1-3-4-5-8(9)6-7-10-2;1-10-3-2-8-5(7)9-4(3)6;;;;/h9-10H,4-8H2,1-3H3,(H3,14,15,16,17);8H,3-7,9H2,1-2H3;2H,1H3,(H2,7,8,9);1H;2*1H2;1H/t10-;8-;;;;;/m00...../s1/i;;;;;;1+1. The molecular weight excluding hydrogens is 656 g/mol. The number of halogens is 2. The fourth-order valence-electron chi connectivity index (χ4n) is 3.21. The highest BCUT2D eigenvalue weighted by molar-refractivity contribution is 7.98. The molecule has 0 aromatic carbocycles. The smallest absolute Gasteiger partial charge is 0.222 e. The fraction of sp³-hybridized carbons (Fsp3) is 0.692. The van der Waals surface area contributed by atoms with Crippen LogP contribution >= 0.6 is 74.5 Å². The van der Waals surface area contributed by atoms with Crippen LogP contribution in [0.3, 0.4) is 0 Å². The number of nitrogens with zero attached hydrogens (tertiary/aromatic N) is 4. The second kappa shape index (κ2) is 31.5. The number of aromatic nitrogens is 4. The number of nitrogen functional groups attached to an aromatic ring is 2. The van der Waals surface area contributed by atoms with Gasteiger partial charge in [0.2, 0.25) is 11.9 Å². The van der Waals surface area contributed by atoms with Gasteiger partial charge < -0.3 is 32.0 Å². The summed E-state index contributed by atoms with van der Waals surface area (Å²) in [5, 5.41) is 3.67. The Morgan fingerprint density at radius 3 is 1.86 bits per heavy atom. The third-order valence-corrected chi connectivity index (χ3v) is 7.04. The number of methoxy groups -OCH3 is 2. The summed E-state index contributed by atoms with van der Waals surface area (Å²) >= 11 is 9.32. The molecule has 16 heteroatoms. The Hall–Kier alpha value is -0.900. The van der Waals surface area contributed by atoms with Crippen molar-refractivity contribution in [2.75, 3.05) is 55.0 Å². The predicted molar refractivity (Wildman–Crippen MR) is 202 cm³/mol. The Bertz CT molecular complexity index is 889. The third kappa shape index (κ3) is 23.5. The van der Waals surface area contributed by atoms with Crippen LogP contribution in [0.25, 0.3) is 0 Å². The van der Waals surface area contributed by atoms with E-state index in [1.54, 1.807) is 13.3 Å². The van der Waals surface area contributed by atoms with Crippen LogP contribution in [0.1, 0.15) is 66.6 Å². The van der Waals surface area contributed by atoms with Gasteiger partial charge in [0.25, 0.3) is 0 Å². The highest BCUT2D eigenvalue weighted by Gasteiger charge is 2.13. The molecule has 2 atom stereocenters. The molecule has 42 heavy (non-hydrogen) atoms. The molecule has 0 aliphatic carbocycles. The van der Waals surface area contributed by atoms with Crippen LogP contribution in [0.15, 0.2) is 12.4 Å². The molecule has 0 aliphatic heterocycles. The van der Waals surface area contributed by atoms with Gasteiger partial charge in [0.05, 0.1) is 26.6 Å². The Labute approximate surface area is 288 Å². The number of unbranched alkanes of at least 4 members (excludes halogenated alkanes) is 2. The van der Waals surface area contributed by atoms with Gasteiger partial charge in [-0.25, -0.2) is 9.97 Å². The Kier molecular flexibility index (Phi) is 36.0. The maximum Gasteiger partial charge on any atom is 0.222 e. The van der Waals surface area contributed by atoms with E-state index in [1.807, 2.05) is 23.5 Å². The summed E-state index contributed by atoms with van der Waals surface area (Å²) in [6.07, 6.45) is 16.9. The fourth-order valence-corrected chi connectivity index (χ4v) is 4.48. The van der Waals surface area contributed by atoms with Crippen molar-refractivity contribution in [1.82, 2.24) is 19.9 Å².